The molecule has 5 rings (SSSR count). The zero-order valence-electron chi connectivity index (χ0n) is 22.4. The minimum atomic E-state index is -0.759. The molecule has 0 saturated heterocycles. The van der Waals surface area contributed by atoms with Crippen LogP contribution in [0.25, 0.3) is 11.0 Å². The number of benzene rings is 3. The van der Waals surface area contributed by atoms with Gasteiger partial charge in [-0.2, -0.15) is 0 Å². The zero-order chi connectivity index (χ0) is 27.5. The Hall–Kier alpha value is -4.39. The average Bonchev–Trinajstić information content (AvgIpc) is 3.24. The van der Waals surface area contributed by atoms with Crippen LogP contribution in [0.5, 0.6) is 11.5 Å². The van der Waals surface area contributed by atoms with E-state index in [1.807, 2.05) is 25.1 Å². The van der Waals surface area contributed by atoms with Crippen molar-refractivity contribution in [1.82, 2.24) is 0 Å². The molecule has 0 radical (unpaired) electrons. The molecule has 0 fully saturated rings. The van der Waals surface area contributed by atoms with Gasteiger partial charge in [-0.15, -0.1) is 0 Å². The number of unbranched alkanes of at least 4 members (excludes halogenated alkanes) is 2. The monoisotopic (exact) mass is 525 g/mol. The molecular formula is C32H31NO6. The number of anilines is 1. The highest BCUT2D eigenvalue weighted by Gasteiger charge is 2.44. The molecular weight excluding hydrogens is 494 g/mol. The minimum Gasteiger partial charge on any atom is -0.490 e. The first kappa shape index (κ1) is 26.2. The summed E-state index contributed by atoms with van der Waals surface area (Å²) in [6, 6.07) is 18.5. The quantitative estimate of drug-likeness (QED) is 0.169. The van der Waals surface area contributed by atoms with Gasteiger partial charge in [0.15, 0.2) is 22.7 Å². The van der Waals surface area contributed by atoms with Crippen molar-refractivity contribution in [3.8, 4) is 11.5 Å². The second-order valence-electron chi connectivity index (χ2n) is 9.55. The van der Waals surface area contributed by atoms with Crippen LogP contribution in [-0.4, -0.2) is 24.9 Å². The number of nitrogens with zero attached hydrogens (tertiary/aromatic N) is 1. The number of para-hydroxylation sites is 1. The lowest BCUT2D eigenvalue weighted by Gasteiger charge is -2.26. The number of amides is 1. The first-order valence-corrected chi connectivity index (χ1v) is 13.3. The topological polar surface area (TPSA) is 86.0 Å². The van der Waals surface area contributed by atoms with E-state index in [1.54, 1.807) is 53.4 Å². The molecule has 1 aliphatic heterocycles. The van der Waals surface area contributed by atoms with E-state index in [9.17, 15) is 14.4 Å². The number of hydrogen-bond acceptors (Lipinski definition) is 6. The summed E-state index contributed by atoms with van der Waals surface area (Å²) in [7, 11) is 0. The van der Waals surface area contributed by atoms with Crippen LogP contribution in [0.1, 0.15) is 78.1 Å². The van der Waals surface area contributed by atoms with Crippen molar-refractivity contribution in [2.45, 2.75) is 46.1 Å². The van der Waals surface area contributed by atoms with Crippen molar-refractivity contribution < 1.29 is 23.5 Å². The number of rotatable bonds is 10. The Morgan fingerprint density at radius 1 is 0.923 bits per heavy atom. The predicted octanol–water partition coefficient (Wildman–Crippen LogP) is 6.71. The van der Waals surface area contributed by atoms with E-state index in [0.717, 1.165) is 19.3 Å². The molecule has 0 N–H and O–H groups in total. The van der Waals surface area contributed by atoms with Crippen molar-refractivity contribution in [2.75, 3.05) is 18.1 Å². The molecule has 39 heavy (non-hydrogen) atoms. The Balaban J connectivity index is 1.66. The number of hydrogen-bond donors (Lipinski definition) is 0. The number of fused-ring (bicyclic) bond motifs is 2. The molecule has 4 aromatic rings. The summed E-state index contributed by atoms with van der Waals surface area (Å²) in [5.74, 6) is 0.671. The molecule has 7 heteroatoms. The first-order valence-electron chi connectivity index (χ1n) is 13.3. The number of ether oxygens (including phenoxy) is 2. The maximum atomic E-state index is 13.8. The van der Waals surface area contributed by atoms with Gasteiger partial charge in [-0.05, 0) is 74.4 Å². The van der Waals surface area contributed by atoms with Crippen molar-refractivity contribution in [1.29, 1.82) is 0 Å². The van der Waals surface area contributed by atoms with Crippen molar-refractivity contribution in [3.05, 3.63) is 99.4 Å². The van der Waals surface area contributed by atoms with Gasteiger partial charge in [-0.25, -0.2) is 0 Å². The van der Waals surface area contributed by atoms with E-state index in [0.29, 0.717) is 52.5 Å². The van der Waals surface area contributed by atoms with E-state index in [-0.39, 0.29) is 22.5 Å². The van der Waals surface area contributed by atoms with Gasteiger partial charge >= 0.3 is 0 Å². The average molecular weight is 526 g/mol. The van der Waals surface area contributed by atoms with Crippen LogP contribution >= 0.6 is 0 Å². The number of carbonyl (C=O) groups is 2. The Labute approximate surface area is 227 Å². The molecule has 1 unspecified atom stereocenters. The lowest BCUT2D eigenvalue weighted by molar-refractivity contribution is 0.0970. The Morgan fingerprint density at radius 3 is 2.41 bits per heavy atom. The Morgan fingerprint density at radius 2 is 1.69 bits per heavy atom. The van der Waals surface area contributed by atoms with Crippen LogP contribution in [-0.2, 0) is 0 Å². The summed E-state index contributed by atoms with van der Waals surface area (Å²) < 4.78 is 18.0. The molecule has 0 spiro atoms. The van der Waals surface area contributed by atoms with Crippen LogP contribution in [0.3, 0.4) is 0 Å². The molecule has 2 heterocycles. The predicted molar refractivity (Wildman–Crippen MR) is 150 cm³/mol. The largest absolute Gasteiger partial charge is 0.490 e. The fraction of sp³-hybridized carbons (Fsp3) is 0.281. The summed E-state index contributed by atoms with van der Waals surface area (Å²) in [5.41, 5.74) is 2.13. The third-order valence-electron chi connectivity index (χ3n) is 6.92. The Kier molecular flexibility index (Phi) is 7.50. The third-order valence-corrected chi connectivity index (χ3v) is 6.92. The van der Waals surface area contributed by atoms with E-state index in [1.165, 1.54) is 6.92 Å². The molecule has 1 aromatic heterocycles. The van der Waals surface area contributed by atoms with Crippen LogP contribution in [0.2, 0.25) is 0 Å². The van der Waals surface area contributed by atoms with Gasteiger partial charge in [0.1, 0.15) is 5.58 Å². The summed E-state index contributed by atoms with van der Waals surface area (Å²) in [6.45, 7) is 6.52. The fourth-order valence-electron chi connectivity index (χ4n) is 4.97. The summed E-state index contributed by atoms with van der Waals surface area (Å²) in [6.07, 6.45) is 3.10. The summed E-state index contributed by atoms with van der Waals surface area (Å²) in [4.78, 5) is 41.1. The van der Waals surface area contributed by atoms with Gasteiger partial charge < -0.3 is 13.9 Å². The number of ketones is 1. The molecule has 0 aliphatic carbocycles. The minimum absolute atomic E-state index is 0.0113. The highest BCUT2D eigenvalue weighted by Crippen LogP contribution is 2.43. The van der Waals surface area contributed by atoms with E-state index in [2.05, 4.69) is 6.92 Å². The molecule has 7 nitrogen and oxygen atoms in total. The van der Waals surface area contributed by atoms with Crippen LogP contribution in [0.15, 0.2) is 75.9 Å². The van der Waals surface area contributed by atoms with Crippen LogP contribution in [0.4, 0.5) is 5.69 Å². The molecule has 0 saturated carbocycles. The number of Topliss-reactive ketones (excluding diaryl/α,β-unsaturated/α-hetero) is 1. The third kappa shape index (κ3) is 4.92. The Bertz CT molecular complexity index is 1590. The summed E-state index contributed by atoms with van der Waals surface area (Å²) >= 11 is 0. The lowest BCUT2D eigenvalue weighted by Crippen LogP contribution is -2.29. The molecule has 0 bridgehead atoms. The second kappa shape index (κ2) is 11.2. The van der Waals surface area contributed by atoms with Gasteiger partial charge in [0.2, 0.25) is 5.76 Å². The first-order chi connectivity index (χ1) is 18.9. The lowest BCUT2D eigenvalue weighted by atomic mass is 9.97. The SMILES string of the molecule is CCCCCOc1ccc(C2c3c(oc4ccccc4c3=O)C(=O)N2c2ccc(C(C)=O)cc2)cc1OCC. The van der Waals surface area contributed by atoms with E-state index < -0.39 is 11.9 Å². The molecule has 1 aliphatic rings. The highest BCUT2D eigenvalue weighted by atomic mass is 16.5. The highest BCUT2D eigenvalue weighted by molar-refractivity contribution is 6.11. The molecule has 1 atom stereocenters. The zero-order valence-corrected chi connectivity index (χ0v) is 22.4. The van der Waals surface area contributed by atoms with Crippen molar-refractivity contribution in [3.63, 3.8) is 0 Å². The van der Waals surface area contributed by atoms with Crippen molar-refractivity contribution in [2.24, 2.45) is 0 Å². The molecule has 200 valence electrons. The van der Waals surface area contributed by atoms with E-state index >= 15 is 0 Å². The standard InChI is InChI=1S/C32H31NO6/c1-4-6-9-18-38-26-17-14-22(19-27(26)37-5-2)29-28-30(35)24-10-7-8-11-25(24)39-31(28)32(36)33(29)23-15-12-21(13-16-23)20(3)34/h7-8,10-17,19,29H,4-6,9,18H2,1-3H3. The smallest absolute Gasteiger partial charge is 0.295 e. The summed E-state index contributed by atoms with van der Waals surface area (Å²) in [5, 5.41) is 0.406. The van der Waals surface area contributed by atoms with E-state index in [4.69, 9.17) is 13.9 Å². The fourth-order valence-corrected chi connectivity index (χ4v) is 4.97. The number of carbonyl (C=O) groups excluding carboxylic acids is 2. The van der Waals surface area contributed by atoms with Crippen LogP contribution < -0.4 is 19.8 Å². The maximum Gasteiger partial charge on any atom is 0.295 e. The van der Waals surface area contributed by atoms with Crippen LogP contribution in [0, 0.1) is 0 Å². The van der Waals surface area contributed by atoms with Gasteiger partial charge in [0.25, 0.3) is 5.91 Å². The van der Waals surface area contributed by atoms with Gasteiger partial charge in [0, 0.05) is 11.3 Å². The van der Waals surface area contributed by atoms with Gasteiger partial charge in [0.05, 0.1) is 30.2 Å². The van der Waals surface area contributed by atoms with Gasteiger partial charge in [-0.1, -0.05) is 38.0 Å². The normalized spacial score (nSPS) is 14.5. The molecule has 1 amide bonds. The molecule has 3 aromatic carbocycles. The van der Waals surface area contributed by atoms with Gasteiger partial charge in [-0.3, -0.25) is 19.3 Å². The second-order valence-corrected chi connectivity index (χ2v) is 9.55. The van der Waals surface area contributed by atoms with Crippen molar-refractivity contribution >= 4 is 28.3 Å². The maximum absolute atomic E-state index is 13.8.